The van der Waals surface area contributed by atoms with Crippen molar-refractivity contribution in [3.63, 3.8) is 0 Å². The first kappa shape index (κ1) is 17.6. The fourth-order valence-corrected chi connectivity index (χ4v) is 2.85. The van der Waals surface area contributed by atoms with Crippen molar-refractivity contribution in [3.05, 3.63) is 23.2 Å². The first-order valence-electron chi connectivity index (χ1n) is 7.42. The summed E-state index contributed by atoms with van der Waals surface area (Å²) in [6.45, 7) is 11.6. The molecular formula is C16H30N2OS. The van der Waals surface area contributed by atoms with Crippen LogP contribution in [0.2, 0.25) is 0 Å². The van der Waals surface area contributed by atoms with Crippen molar-refractivity contribution in [2.45, 2.75) is 46.8 Å². The van der Waals surface area contributed by atoms with Crippen LogP contribution in [0.4, 0.5) is 0 Å². The highest BCUT2D eigenvalue weighted by atomic mass is 32.2. The smallest absolute Gasteiger partial charge is 0.118 e. The topological polar surface area (TPSA) is 28.4 Å². The van der Waals surface area contributed by atoms with E-state index >= 15 is 0 Å². The summed E-state index contributed by atoms with van der Waals surface area (Å²) in [7, 11) is 2.18. The maximum Gasteiger partial charge on any atom is 0.118 e. The van der Waals surface area contributed by atoms with Crippen LogP contribution in [0.1, 0.15) is 37.9 Å². The van der Waals surface area contributed by atoms with E-state index in [4.69, 9.17) is 4.42 Å². The van der Waals surface area contributed by atoms with E-state index in [-0.39, 0.29) is 0 Å². The van der Waals surface area contributed by atoms with Crippen LogP contribution in [-0.4, -0.2) is 36.5 Å². The third-order valence-corrected chi connectivity index (χ3v) is 4.32. The summed E-state index contributed by atoms with van der Waals surface area (Å²) < 4.78 is 5.84. The molecule has 0 spiro atoms. The van der Waals surface area contributed by atoms with Gasteiger partial charge in [-0.2, -0.15) is 11.8 Å². The maximum absolute atomic E-state index is 5.84. The van der Waals surface area contributed by atoms with Crippen LogP contribution in [0.15, 0.2) is 10.5 Å². The number of hydrogen-bond donors (Lipinski definition) is 1. The standard InChI is InChI=1S/C16H30N2OS/c1-12(2)8-17-9-16-7-15(14(4)19-16)10-18(5)13(3)11-20-6/h7,12-13,17H,8-11H2,1-6H3. The summed E-state index contributed by atoms with van der Waals surface area (Å²) in [6.07, 6.45) is 2.16. The third-order valence-electron chi connectivity index (χ3n) is 3.50. The van der Waals surface area contributed by atoms with E-state index in [9.17, 15) is 0 Å². The summed E-state index contributed by atoms with van der Waals surface area (Å²) >= 11 is 1.90. The van der Waals surface area contributed by atoms with E-state index in [1.807, 2.05) is 11.8 Å². The molecule has 1 aromatic rings. The van der Waals surface area contributed by atoms with Gasteiger partial charge in [0, 0.05) is 23.9 Å². The van der Waals surface area contributed by atoms with Gasteiger partial charge in [-0.05, 0) is 45.7 Å². The lowest BCUT2D eigenvalue weighted by atomic mass is 10.2. The minimum Gasteiger partial charge on any atom is -0.465 e. The molecule has 20 heavy (non-hydrogen) atoms. The Morgan fingerprint density at radius 3 is 2.65 bits per heavy atom. The van der Waals surface area contributed by atoms with E-state index in [2.05, 4.69) is 57.3 Å². The number of aryl methyl sites for hydroxylation is 1. The molecule has 1 N–H and O–H groups in total. The van der Waals surface area contributed by atoms with Crippen molar-refractivity contribution >= 4 is 11.8 Å². The molecule has 4 heteroatoms. The zero-order valence-corrected chi connectivity index (χ0v) is 14.6. The zero-order valence-electron chi connectivity index (χ0n) is 13.8. The van der Waals surface area contributed by atoms with E-state index in [1.54, 1.807) is 0 Å². The second kappa shape index (κ2) is 8.75. The molecule has 3 nitrogen and oxygen atoms in total. The van der Waals surface area contributed by atoms with Gasteiger partial charge in [-0.25, -0.2) is 0 Å². The van der Waals surface area contributed by atoms with Gasteiger partial charge in [0.1, 0.15) is 11.5 Å². The van der Waals surface area contributed by atoms with Crippen LogP contribution < -0.4 is 5.32 Å². The molecule has 0 bridgehead atoms. The summed E-state index contributed by atoms with van der Waals surface area (Å²) in [5, 5.41) is 3.43. The van der Waals surface area contributed by atoms with E-state index in [0.717, 1.165) is 36.9 Å². The maximum atomic E-state index is 5.84. The lowest BCUT2D eigenvalue weighted by Crippen LogP contribution is -2.30. The Bertz CT molecular complexity index is 390. The predicted molar refractivity (Wildman–Crippen MR) is 89.3 cm³/mol. The monoisotopic (exact) mass is 298 g/mol. The molecule has 0 radical (unpaired) electrons. The Morgan fingerprint density at radius 2 is 2.05 bits per heavy atom. The Morgan fingerprint density at radius 1 is 1.35 bits per heavy atom. The molecule has 1 aromatic heterocycles. The highest BCUT2D eigenvalue weighted by Crippen LogP contribution is 2.18. The molecule has 0 aliphatic rings. The van der Waals surface area contributed by atoms with Gasteiger partial charge in [-0.1, -0.05) is 13.8 Å². The van der Waals surface area contributed by atoms with Crippen molar-refractivity contribution in [1.82, 2.24) is 10.2 Å². The Balaban J connectivity index is 2.52. The van der Waals surface area contributed by atoms with Gasteiger partial charge in [0.05, 0.1) is 6.54 Å². The summed E-state index contributed by atoms with van der Waals surface area (Å²) in [5.41, 5.74) is 1.31. The highest BCUT2D eigenvalue weighted by molar-refractivity contribution is 7.98. The van der Waals surface area contributed by atoms with Gasteiger partial charge in [0.2, 0.25) is 0 Å². The van der Waals surface area contributed by atoms with Crippen LogP contribution in [0.5, 0.6) is 0 Å². The van der Waals surface area contributed by atoms with E-state index in [1.165, 1.54) is 5.56 Å². The SMILES string of the molecule is CSCC(C)N(C)Cc1cc(CNCC(C)C)oc1C. The molecule has 1 atom stereocenters. The summed E-state index contributed by atoms with van der Waals surface area (Å²) in [4.78, 5) is 2.39. The summed E-state index contributed by atoms with van der Waals surface area (Å²) in [6, 6.07) is 2.78. The van der Waals surface area contributed by atoms with Gasteiger partial charge in [-0.15, -0.1) is 0 Å². The van der Waals surface area contributed by atoms with Crippen LogP contribution >= 0.6 is 11.8 Å². The first-order chi connectivity index (χ1) is 9.43. The quantitative estimate of drug-likeness (QED) is 0.755. The normalized spacial score (nSPS) is 13.4. The van der Waals surface area contributed by atoms with Crippen molar-refractivity contribution in [2.24, 2.45) is 5.92 Å². The van der Waals surface area contributed by atoms with Gasteiger partial charge in [-0.3, -0.25) is 4.90 Å². The molecule has 0 fully saturated rings. The average Bonchev–Trinajstić information content (AvgIpc) is 2.69. The van der Waals surface area contributed by atoms with Crippen LogP contribution in [0.25, 0.3) is 0 Å². The second-order valence-electron chi connectivity index (χ2n) is 6.04. The number of hydrogen-bond acceptors (Lipinski definition) is 4. The number of thioether (sulfide) groups is 1. The van der Waals surface area contributed by atoms with Gasteiger partial charge in [0.15, 0.2) is 0 Å². The lowest BCUT2D eigenvalue weighted by Gasteiger charge is -2.23. The zero-order chi connectivity index (χ0) is 15.1. The molecule has 116 valence electrons. The predicted octanol–water partition coefficient (Wildman–Crippen LogP) is 3.52. The fraction of sp³-hybridized carbons (Fsp3) is 0.750. The molecule has 1 rings (SSSR count). The molecule has 0 saturated carbocycles. The van der Waals surface area contributed by atoms with Gasteiger partial charge in [0.25, 0.3) is 0 Å². The minimum atomic E-state index is 0.585. The number of nitrogens with zero attached hydrogens (tertiary/aromatic N) is 1. The Kier molecular flexibility index (Phi) is 7.70. The van der Waals surface area contributed by atoms with Crippen LogP contribution in [-0.2, 0) is 13.1 Å². The Labute approximate surface area is 128 Å². The molecular weight excluding hydrogens is 268 g/mol. The van der Waals surface area contributed by atoms with Crippen molar-refractivity contribution < 1.29 is 4.42 Å². The molecule has 1 unspecified atom stereocenters. The number of nitrogens with one attached hydrogen (secondary N) is 1. The van der Waals surface area contributed by atoms with Gasteiger partial charge < -0.3 is 9.73 Å². The lowest BCUT2D eigenvalue weighted by molar-refractivity contribution is 0.268. The molecule has 0 aliphatic heterocycles. The number of furan rings is 1. The molecule has 0 saturated heterocycles. The average molecular weight is 298 g/mol. The van der Waals surface area contributed by atoms with Crippen LogP contribution in [0, 0.1) is 12.8 Å². The summed E-state index contributed by atoms with van der Waals surface area (Å²) in [5.74, 6) is 3.93. The minimum absolute atomic E-state index is 0.585. The number of rotatable bonds is 9. The largest absolute Gasteiger partial charge is 0.465 e. The van der Waals surface area contributed by atoms with Crippen molar-refractivity contribution in [1.29, 1.82) is 0 Å². The van der Waals surface area contributed by atoms with E-state index < -0.39 is 0 Å². The van der Waals surface area contributed by atoms with Crippen molar-refractivity contribution in [2.75, 3.05) is 25.6 Å². The second-order valence-corrected chi connectivity index (χ2v) is 6.95. The molecule has 0 amide bonds. The molecule has 0 aliphatic carbocycles. The fourth-order valence-electron chi connectivity index (χ4n) is 2.11. The first-order valence-corrected chi connectivity index (χ1v) is 8.81. The highest BCUT2D eigenvalue weighted by Gasteiger charge is 2.13. The van der Waals surface area contributed by atoms with Crippen LogP contribution in [0.3, 0.4) is 0 Å². The van der Waals surface area contributed by atoms with E-state index in [0.29, 0.717) is 12.0 Å². The van der Waals surface area contributed by atoms with Gasteiger partial charge >= 0.3 is 0 Å². The third kappa shape index (κ3) is 5.90. The Hall–Kier alpha value is -0.450. The molecule has 0 aromatic carbocycles. The molecule has 1 heterocycles. The van der Waals surface area contributed by atoms with Crippen molar-refractivity contribution in [3.8, 4) is 0 Å².